The molecule has 4 nitrogen and oxygen atoms in total. The van der Waals surface area contributed by atoms with Crippen molar-refractivity contribution in [3.63, 3.8) is 0 Å². The van der Waals surface area contributed by atoms with Gasteiger partial charge in [0, 0.05) is 24.8 Å². The van der Waals surface area contributed by atoms with Crippen molar-refractivity contribution >= 4 is 28.2 Å². The molecule has 3 aromatic rings. The summed E-state index contributed by atoms with van der Waals surface area (Å²) in [6.07, 6.45) is 7.31. The van der Waals surface area contributed by atoms with Gasteiger partial charge in [-0.2, -0.15) is 0 Å². The molecule has 1 fully saturated rings. The van der Waals surface area contributed by atoms with Gasteiger partial charge in [-0.05, 0) is 43.7 Å². The Balaban J connectivity index is 1.84. The molecule has 0 radical (unpaired) electrons. The molecule has 2 aromatic heterocycles. The van der Waals surface area contributed by atoms with Crippen molar-refractivity contribution in [2.24, 2.45) is 0 Å². The SMILES string of the molecule is CSc1nccc(-c2sc(N3CCCCC3)nc2-c2ccccc2F)n1. The monoisotopic (exact) mass is 386 g/mol. The Bertz CT molecular complexity index is 906. The largest absolute Gasteiger partial charge is 0.348 e. The van der Waals surface area contributed by atoms with Crippen LogP contribution in [0.1, 0.15) is 19.3 Å². The third-order valence-corrected chi connectivity index (χ3v) is 6.12. The average molecular weight is 387 g/mol. The zero-order chi connectivity index (χ0) is 17.9. The third kappa shape index (κ3) is 3.46. The highest BCUT2D eigenvalue weighted by Gasteiger charge is 2.22. The Morgan fingerprint density at radius 2 is 1.88 bits per heavy atom. The zero-order valence-corrected chi connectivity index (χ0v) is 16.1. The first-order chi connectivity index (χ1) is 12.8. The van der Waals surface area contributed by atoms with Gasteiger partial charge < -0.3 is 4.90 Å². The van der Waals surface area contributed by atoms with Crippen LogP contribution in [0.4, 0.5) is 9.52 Å². The molecule has 0 aliphatic carbocycles. The fourth-order valence-corrected chi connectivity index (χ4v) is 4.56. The lowest BCUT2D eigenvalue weighted by atomic mass is 10.1. The lowest BCUT2D eigenvalue weighted by Gasteiger charge is -2.25. The van der Waals surface area contributed by atoms with E-state index in [1.54, 1.807) is 29.7 Å². The van der Waals surface area contributed by atoms with Crippen molar-refractivity contribution in [1.82, 2.24) is 15.0 Å². The van der Waals surface area contributed by atoms with E-state index in [1.807, 2.05) is 18.4 Å². The average Bonchev–Trinajstić information content (AvgIpc) is 3.14. The van der Waals surface area contributed by atoms with Gasteiger partial charge in [0.1, 0.15) is 5.82 Å². The first-order valence-electron chi connectivity index (χ1n) is 8.64. The van der Waals surface area contributed by atoms with Crippen LogP contribution in [0.2, 0.25) is 0 Å². The van der Waals surface area contributed by atoms with Crippen LogP contribution in [0.25, 0.3) is 21.8 Å². The van der Waals surface area contributed by atoms with E-state index >= 15 is 0 Å². The lowest BCUT2D eigenvalue weighted by Crippen LogP contribution is -2.29. The van der Waals surface area contributed by atoms with E-state index in [4.69, 9.17) is 4.98 Å². The number of aromatic nitrogens is 3. The molecule has 7 heteroatoms. The van der Waals surface area contributed by atoms with Gasteiger partial charge in [0.15, 0.2) is 10.3 Å². The number of thioether (sulfide) groups is 1. The standard InChI is InChI=1S/C19H19FN4S2/c1-25-18-21-10-9-15(22-18)17-16(13-7-3-4-8-14(13)20)23-19(26-17)24-11-5-2-6-12-24/h3-4,7-10H,2,5-6,11-12H2,1H3. The molecule has 0 unspecified atom stereocenters. The summed E-state index contributed by atoms with van der Waals surface area (Å²) in [5.41, 5.74) is 1.98. The minimum atomic E-state index is -0.261. The molecule has 0 amide bonds. The number of benzene rings is 1. The molecule has 3 heterocycles. The number of anilines is 1. The van der Waals surface area contributed by atoms with Gasteiger partial charge in [0.25, 0.3) is 0 Å². The van der Waals surface area contributed by atoms with Crippen LogP contribution in [0, 0.1) is 5.82 Å². The van der Waals surface area contributed by atoms with E-state index in [9.17, 15) is 4.39 Å². The maximum Gasteiger partial charge on any atom is 0.187 e. The number of thiazole rings is 1. The van der Waals surface area contributed by atoms with Crippen LogP contribution in [-0.4, -0.2) is 34.3 Å². The van der Waals surface area contributed by atoms with E-state index in [0.717, 1.165) is 28.8 Å². The number of halogens is 1. The molecular formula is C19H19FN4S2. The molecule has 1 aromatic carbocycles. The van der Waals surface area contributed by atoms with Gasteiger partial charge in [0.2, 0.25) is 0 Å². The van der Waals surface area contributed by atoms with Gasteiger partial charge in [-0.25, -0.2) is 19.3 Å². The van der Waals surface area contributed by atoms with Crippen molar-refractivity contribution in [2.75, 3.05) is 24.2 Å². The van der Waals surface area contributed by atoms with Crippen LogP contribution < -0.4 is 4.90 Å². The molecule has 0 N–H and O–H groups in total. The predicted molar refractivity (Wildman–Crippen MR) is 106 cm³/mol. The molecule has 26 heavy (non-hydrogen) atoms. The summed E-state index contributed by atoms with van der Waals surface area (Å²) < 4.78 is 14.5. The van der Waals surface area contributed by atoms with Crippen molar-refractivity contribution < 1.29 is 4.39 Å². The summed E-state index contributed by atoms with van der Waals surface area (Å²) >= 11 is 3.09. The smallest absolute Gasteiger partial charge is 0.187 e. The molecule has 1 aliphatic rings. The van der Waals surface area contributed by atoms with Gasteiger partial charge in [-0.1, -0.05) is 35.2 Å². The summed E-state index contributed by atoms with van der Waals surface area (Å²) in [7, 11) is 0. The zero-order valence-electron chi connectivity index (χ0n) is 14.5. The van der Waals surface area contributed by atoms with E-state index in [0.29, 0.717) is 16.4 Å². The maximum absolute atomic E-state index is 14.5. The minimum Gasteiger partial charge on any atom is -0.348 e. The number of hydrogen-bond donors (Lipinski definition) is 0. The Morgan fingerprint density at radius 3 is 2.65 bits per heavy atom. The Morgan fingerprint density at radius 1 is 1.08 bits per heavy atom. The Kier molecular flexibility index (Phi) is 5.17. The third-order valence-electron chi connectivity index (χ3n) is 4.42. The van der Waals surface area contributed by atoms with Crippen LogP contribution in [0.3, 0.4) is 0 Å². The van der Waals surface area contributed by atoms with E-state index in [2.05, 4.69) is 14.9 Å². The van der Waals surface area contributed by atoms with E-state index in [1.165, 1.54) is 37.1 Å². The lowest BCUT2D eigenvalue weighted by molar-refractivity contribution is 0.577. The second kappa shape index (κ2) is 7.72. The van der Waals surface area contributed by atoms with Crippen LogP contribution in [0.5, 0.6) is 0 Å². The van der Waals surface area contributed by atoms with Crippen molar-refractivity contribution in [1.29, 1.82) is 0 Å². The van der Waals surface area contributed by atoms with Gasteiger partial charge in [-0.3, -0.25) is 0 Å². The van der Waals surface area contributed by atoms with Gasteiger partial charge in [-0.15, -0.1) is 0 Å². The number of hydrogen-bond acceptors (Lipinski definition) is 6. The Labute approximate surface area is 160 Å². The van der Waals surface area contributed by atoms with Gasteiger partial charge >= 0.3 is 0 Å². The number of nitrogens with zero attached hydrogens (tertiary/aromatic N) is 4. The molecule has 1 aliphatic heterocycles. The number of piperidine rings is 1. The summed E-state index contributed by atoms with van der Waals surface area (Å²) in [5.74, 6) is -0.261. The van der Waals surface area contributed by atoms with E-state index in [-0.39, 0.29) is 5.82 Å². The van der Waals surface area contributed by atoms with Crippen LogP contribution >= 0.6 is 23.1 Å². The fourth-order valence-electron chi connectivity index (χ4n) is 3.10. The first-order valence-corrected chi connectivity index (χ1v) is 10.7. The highest BCUT2D eigenvalue weighted by Crippen LogP contribution is 2.41. The highest BCUT2D eigenvalue weighted by molar-refractivity contribution is 7.98. The first kappa shape index (κ1) is 17.4. The molecule has 0 bridgehead atoms. The van der Waals surface area contributed by atoms with Crippen molar-refractivity contribution in [2.45, 2.75) is 24.4 Å². The highest BCUT2D eigenvalue weighted by atomic mass is 32.2. The maximum atomic E-state index is 14.5. The van der Waals surface area contributed by atoms with Crippen molar-refractivity contribution in [3.05, 3.63) is 42.3 Å². The summed E-state index contributed by atoms with van der Waals surface area (Å²) in [6.45, 7) is 2.01. The fraction of sp³-hybridized carbons (Fsp3) is 0.316. The summed E-state index contributed by atoms with van der Waals surface area (Å²) in [6, 6.07) is 8.68. The van der Waals surface area contributed by atoms with Crippen LogP contribution in [-0.2, 0) is 0 Å². The molecule has 0 saturated carbocycles. The molecular weight excluding hydrogens is 367 g/mol. The quantitative estimate of drug-likeness (QED) is 0.460. The normalized spacial score (nSPS) is 14.6. The predicted octanol–water partition coefficient (Wildman–Crippen LogP) is 5.12. The second-order valence-electron chi connectivity index (χ2n) is 6.13. The van der Waals surface area contributed by atoms with Crippen LogP contribution in [0.15, 0.2) is 41.7 Å². The van der Waals surface area contributed by atoms with Crippen molar-refractivity contribution in [3.8, 4) is 21.8 Å². The topological polar surface area (TPSA) is 41.9 Å². The molecule has 134 valence electrons. The molecule has 4 rings (SSSR count). The summed E-state index contributed by atoms with van der Waals surface area (Å²) in [4.78, 5) is 16.9. The Hall–Kier alpha value is -1.99. The number of rotatable bonds is 4. The molecule has 0 atom stereocenters. The molecule has 0 spiro atoms. The second-order valence-corrected chi connectivity index (χ2v) is 7.88. The molecule has 1 saturated heterocycles. The summed E-state index contributed by atoms with van der Waals surface area (Å²) in [5, 5.41) is 1.65. The van der Waals surface area contributed by atoms with Gasteiger partial charge in [0.05, 0.1) is 16.3 Å². The van der Waals surface area contributed by atoms with E-state index < -0.39 is 0 Å². The minimum absolute atomic E-state index is 0.261.